The summed E-state index contributed by atoms with van der Waals surface area (Å²) in [5.41, 5.74) is 3.54. The minimum Gasteiger partial charge on any atom is -0.368 e. The summed E-state index contributed by atoms with van der Waals surface area (Å²) in [7, 11) is 0. The SMILES string of the molecule is Cc1ccc(N2CCN(c3nc(-c4ccc5ccccc5c4)no3)CC2)cc1. The monoisotopic (exact) mass is 370 g/mol. The lowest BCUT2D eigenvalue weighted by Gasteiger charge is -2.35. The number of hydrogen-bond acceptors (Lipinski definition) is 5. The number of aromatic nitrogens is 2. The number of rotatable bonds is 3. The second kappa shape index (κ2) is 7.00. The molecular formula is C23H22N4O. The molecule has 28 heavy (non-hydrogen) atoms. The zero-order valence-corrected chi connectivity index (χ0v) is 15.9. The number of nitrogens with zero attached hydrogens (tertiary/aromatic N) is 4. The molecule has 1 aliphatic heterocycles. The highest BCUT2D eigenvalue weighted by molar-refractivity contribution is 5.86. The minimum atomic E-state index is 0.603. The Labute approximate surface area is 164 Å². The Balaban J connectivity index is 1.30. The molecule has 4 aromatic rings. The summed E-state index contributed by atoms with van der Waals surface area (Å²) >= 11 is 0. The molecular weight excluding hydrogens is 348 g/mol. The zero-order chi connectivity index (χ0) is 18.9. The van der Waals surface area contributed by atoms with E-state index in [1.54, 1.807) is 0 Å². The van der Waals surface area contributed by atoms with Crippen LogP contribution in [-0.2, 0) is 0 Å². The number of benzene rings is 3. The van der Waals surface area contributed by atoms with E-state index in [2.05, 4.69) is 75.4 Å². The van der Waals surface area contributed by atoms with Crippen LogP contribution in [0.15, 0.2) is 71.3 Å². The number of piperazine rings is 1. The second-order valence-corrected chi connectivity index (χ2v) is 7.27. The molecule has 5 nitrogen and oxygen atoms in total. The number of aryl methyl sites for hydroxylation is 1. The van der Waals surface area contributed by atoms with Gasteiger partial charge < -0.3 is 14.3 Å². The molecule has 0 aliphatic carbocycles. The average Bonchev–Trinajstić information content (AvgIpc) is 3.24. The second-order valence-electron chi connectivity index (χ2n) is 7.27. The van der Waals surface area contributed by atoms with Crippen LogP contribution in [0.3, 0.4) is 0 Å². The molecule has 140 valence electrons. The van der Waals surface area contributed by atoms with E-state index in [4.69, 9.17) is 4.52 Å². The summed E-state index contributed by atoms with van der Waals surface area (Å²) in [6.07, 6.45) is 0. The average molecular weight is 370 g/mol. The van der Waals surface area contributed by atoms with Crippen molar-refractivity contribution in [2.24, 2.45) is 0 Å². The Morgan fingerprint density at radius 3 is 2.29 bits per heavy atom. The number of hydrogen-bond donors (Lipinski definition) is 0. The topological polar surface area (TPSA) is 45.4 Å². The van der Waals surface area contributed by atoms with Crippen LogP contribution in [0, 0.1) is 6.92 Å². The fourth-order valence-electron chi connectivity index (χ4n) is 3.70. The first-order chi connectivity index (χ1) is 13.8. The van der Waals surface area contributed by atoms with Gasteiger partial charge in [0.25, 0.3) is 0 Å². The molecule has 0 spiro atoms. The molecule has 1 aliphatic rings. The van der Waals surface area contributed by atoms with Crippen LogP contribution < -0.4 is 9.80 Å². The lowest BCUT2D eigenvalue weighted by Crippen LogP contribution is -2.46. The van der Waals surface area contributed by atoms with Crippen LogP contribution in [0.1, 0.15) is 5.56 Å². The number of fused-ring (bicyclic) bond motifs is 1. The van der Waals surface area contributed by atoms with E-state index in [0.29, 0.717) is 11.8 Å². The first-order valence-electron chi connectivity index (χ1n) is 9.66. The predicted octanol–water partition coefficient (Wildman–Crippen LogP) is 4.52. The van der Waals surface area contributed by atoms with Gasteiger partial charge >= 0.3 is 6.01 Å². The summed E-state index contributed by atoms with van der Waals surface area (Å²) in [5, 5.41) is 6.60. The molecule has 1 fully saturated rings. The maximum Gasteiger partial charge on any atom is 0.324 e. The van der Waals surface area contributed by atoms with Crippen LogP contribution in [-0.4, -0.2) is 36.3 Å². The predicted molar refractivity (Wildman–Crippen MR) is 113 cm³/mol. The first-order valence-corrected chi connectivity index (χ1v) is 9.66. The molecule has 0 radical (unpaired) electrons. The van der Waals surface area contributed by atoms with Crippen molar-refractivity contribution in [2.45, 2.75) is 6.92 Å². The van der Waals surface area contributed by atoms with E-state index in [9.17, 15) is 0 Å². The maximum absolute atomic E-state index is 5.57. The maximum atomic E-state index is 5.57. The molecule has 5 rings (SSSR count). The fraction of sp³-hybridized carbons (Fsp3) is 0.217. The van der Waals surface area contributed by atoms with E-state index < -0.39 is 0 Å². The van der Waals surface area contributed by atoms with Crippen molar-refractivity contribution < 1.29 is 4.52 Å². The third kappa shape index (κ3) is 3.20. The molecule has 0 atom stereocenters. The number of anilines is 2. The molecule has 0 saturated carbocycles. The van der Waals surface area contributed by atoms with Crippen molar-refractivity contribution in [3.05, 3.63) is 72.3 Å². The van der Waals surface area contributed by atoms with Crippen molar-refractivity contribution in [3.63, 3.8) is 0 Å². The Kier molecular flexibility index (Phi) is 4.20. The molecule has 1 aromatic heterocycles. The van der Waals surface area contributed by atoms with Gasteiger partial charge in [0.2, 0.25) is 5.82 Å². The van der Waals surface area contributed by atoms with Crippen LogP contribution >= 0.6 is 0 Å². The minimum absolute atomic E-state index is 0.603. The van der Waals surface area contributed by atoms with Crippen LogP contribution in [0.25, 0.3) is 22.2 Å². The van der Waals surface area contributed by atoms with Gasteiger partial charge in [-0.1, -0.05) is 59.3 Å². The zero-order valence-electron chi connectivity index (χ0n) is 15.9. The Morgan fingerprint density at radius 2 is 1.50 bits per heavy atom. The largest absolute Gasteiger partial charge is 0.368 e. The molecule has 0 unspecified atom stereocenters. The highest BCUT2D eigenvalue weighted by atomic mass is 16.5. The molecule has 0 bridgehead atoms. The van der Waals surface area contributed by atoms with E-state index in [1.807, 2.05) is 18.2 Å². The van der Waals surface area contributed by atoms with Crippen molar-refractivity contribution in [2.75, 3.05) is 36.0 Å². The van der Waals surface area contributed by atoms with Gasteiger partial charge in [0.15, 0.2) is 0 Å². The third-order valence-corrected chi connectivity index (χ3v) is 5.37. The van der Waals surface area contributed by atoms with Gasteiger partial charge in [-0.05, 0) is 35.9 Å². The van der Waals surface area contributed by atoms with E-state index >= 15 is 0 Å². The summed E-state index contributed by atoms with van der Waals surface area (Å²) < 4.78 is 5.57. The lowest BCUT2D eigenvalue weighted by molar-refractivity contribution is 0.409. The molecule has 1 saturated heterocycles. The smallest absolute Gasteiger partial charge is 0.324 e. The van der Waals surface area contributed by atoms with Crippen molar-refractivity contribution in [1.82, 2.24) is 10.1 Å². The molecule has 0 amide bonds. The van der Waals surface area contributed by atoms with Gasteiger partial charge in [-0.25, -0.2) is 0 Å². The summed E-state index contributed by atoms with van der Waals surface area (Å²) in [6, 6.07) is 23.9. The van der Waals surface area contributed by atoms with E-state index in [-0.39, 0.29) is 0 Å². The quantitative estimate of drug-likeness (QED) is 0.530. The van der Waals surface area contributed by atoms with E-state index in [1.165, 1.54) is 22.0 Å². The highest BCUT2D eigenvalue weighted by Crippen LogP contribution is 2.25. The summed E-state index contributed by atoms with van der Waals surface area (Å²) in [4.78, 5) is 9.22. The van der Waals surface area contributed by atoms with Gasteiger partial charge in [0.1, 0.15) is 0 Å². The Bertz CT molecular complexity index is 1100. The van der Waals surface area contributed by atoms with Crippen molar-refractivity contribution in [3.8, 4) is 11.4 Å². The van der Waals surface area contributed by atoms with Crippen molar-refractivity contribution >= 4 is 22.5 Å². The fourth-order valence-corrected chi connectivity index (χ4v) is 3.70. The summed E-state index contributed by atoms with van der Waals surface area (Å²) in [5.74, 6) is 0.640. The van der Waals surface area contributed by atoms with Gasteiger partial charge in [0, 0.05) is 37.4 Å². The molecule has 0 N–H and O–H groups in total. The van der Waals surface area contributed by atoms with Crippen LogP contribution in [0.4, 0.5) is 11.7 Å². The van der Waals surface area contributed by atoms with Gasteiger partial charge in [-0.3, -0.25) is 0 Å². The highest BCUT2D eigenvalue weighted by Gasteiger charge is 2.22. The molecule has 3 aromatic carbocycles. The van der Waals surface area contributed by atoms with Gasteiger partial charge in [-0.15, -0.1) is 0 Å². The lowest BCUT2D eigenvalue weighted by atomic mass is 10.1. The summed E-state index contributed by atoms with van der Waals surface area (Å²) in [6.45, 7) is 5.73. The Hall–Kier alpha value is -3.34. The third-order valence-electron chi connectivity index (χ3n) is 5.37. The standard InChI is InChI=1S/C23H22N4O/c1-17-6-10-21(11-7-17)26-12-14-27(15-13-26)23-24-22(25-28-23)20-9-8-18-4-2-3-5-19(18)16-20/h2-11,16H,12-15H2,1H3. The van der Waals surface area contributed by atoms with Gasteiger partial charge in [-0.2, -0.15) is 4.98 Å². The Morgan fingerprint density at radius 1 is 0.786 bits per heavy atom. The first kappa shape index (κ1) is 16.8. The normalized spacial score (nSPS) is 14.6. The molecule has 2 heterocycles. The van der Waals surface area contributed by atoms with Crippen LogP contribution in [0.5, 0.6) is 0 Å². The molecule has 5 heteroatoms. The van der Waals surface area contributed by atoms with Crippen LogP contribution in [0.2, 0.25) is 0 Å². The van der Waals surface area contributed by atoms with Crippen molar-refractivity contribution in [1.29, 1.82) is 0 Å². The van der Waals surface area contributed by atoms with E-state index in [0.717, 1.165) is 31.7 Å². The van der Waals surface area contributed by atoms with Gasteiger partial charge in [0.05, 0.1) is 0 Å².